The van der Waals surface area contributed by atoms with Gasteiger partial charge in [0.2, 0.25) is 4.77 Å². The minimum atomic E-state index is 0.375. The molecule has 5 heteroatoms. The Labute approximate surface area is 103 Å². The first-order valence-corrected chi connectivity index (χ1v) is 6.40. The highest BCUT2D eigenvalue weighted by Gasteiger charge is 2.25. The van der Waals surface area contributed by atoms with Gasteiger partial charge in [0.05, 0.1) is 5.25 Å². The molecule has 0 bridgehead atoms. The first kappa shape index (κ1) is 10.1. The zero-order chi connectivity index (χ0) is 11.1. The summed E-state index contributed by atoms with van der Waals surface area (Å²) in [5.41, 5.74) is 1.41. The molecule has 3 rings (SSSR count). The van der Waals surface area contributed by atoms with Gasteiger partial charge in [0.25, 0.3) is 0 Å². The fourth-order valence-corrected chi connectivity index (χ4v) is 3.29. The third kappa shape index (κ3) is 1.60. The molecule has 1 unspecified atom stereocenters. The first-order chi connectivity index (χ1) is 7.74. The van der Waals surface area contributed by atoms with E-state index < -0.39 is 0 Å². The van der Waals surface area contributed by atoms with Crippen molar-refractivity contribution in [3.8, 4) is 0 Å². The quantitative estimate of drug-likeness (QED) is 0.789. The van der Waals surface area contributed by atoms with Gasteiger partial charge < -0.3 is 0 Å². The second kappa shape index (κ2) is 3.75. The lowest BCUT2D eigenvalue weighted by Crippen LogP contribution is -1.97. The summed E-state index contributed by atoms with van der Waals surface area (Å²) in [4.78, 5) is 5.74. The summed E-state index contributed by atoms with van der Waals surface area (Å²) in [5, 5.41) is 3.58. The van der Waals surface area contributed by atoms with Gasteiger partial charge in [0.15, 0.2) is 0 Å². The number of benzene rings is 1. The van der Waals surface area contributed by atoms with E-state index in [-0.39, 0.29) is 0 Å². The second-order valence-corrected chi connectivity index (χ2v) is 5.48. The lowest BCUT2D eigenvalue weighted by atomic mass is 10.1. The minimum Gasteiger partial charge on any atom is -0.282 e. The van der Waals surface area contributed by atoms with E-state index in [1.807, 2.05) is 18.8 Å². The fourth-order valence-electron chi connectivity index (χ4n) is 1.90. The number of nitrogens with one attached hydrogen (secondary N) is 1. The molecule has 1 aliphatic heterocycles. The van der Waals surface area contributed by atoms with Crippen LogP contribution >= 0.6 is 24.0 Å². The Morgan fingerprint density at radius 2 is 2.31 bits per heavy atom. The summed E-state index contributed by atoms with van der Waals surface area (Å²) in [5.74, 6) is 0.980. The van der Waals surface area contributed by atoms with Gasteiger partial charge in [-0.05, 0) is 30.3 Å². The number of nitrogens with zero attached hydrogens (tertiary/aromatic N) is 2. The maximum absolute atomic E-state index is 5.11. The van der Waals surface area contributed by atoms with Crippen molar-refractivity contribution in [2.45, 2.75) is 16.6 Å². The highest BCUT2D eigenvalue weighted by Crippen LogP contribution is 2.44. The van der Waals surface area contributed by atoms with E-state index in [1.54, 1.807) is 4.68 Å². The van der Waals surface area contributed by atoms with Gasteiger partial charge in [-0.15, -0.1) is 11.8 Å². The third-order valence-electron chi connectivity index (χ3n) is 2.74. The molecule has 0 spiro atoms. The van der Waals surface area contributed by atoms with Crippen molar-refractivity contribution in [2.75, 3.05) is 0 Å². The molecule has 1 aromatic heterocycles. The fraction of sp³-hybridized carbons (Fsp3) is 0.273. The maximum Gasteiger partial charge on any atom is 0.215 e. The van der Waals surface area contributed by atoms with Gasteiger partial charge in [0.1, 0.15) is 5.82 Å². The van der Waals surface area contributed by atoms with Crippen LogP contribution in [0.15, 0.2) is 29.2 Å². The average molecular weight is 249 g/mol. The molecule has 1 aromatic carbocycles. The Morgan fingerprint density at radius 3 is 3.00 bits per heavy atom. The molecule has 2 aromatic rings. The van der Waals surface area contributed by atoms with Crippen molar-refractivity contribution in [2.24, 2.45) is 7.05 Å². The maximum atomic E-state index is 5.11. The lowest BCUT2D eigenvalue weighted by molar-refractivity contribution is 0.727. The van der Waals surface area contributed by atoms with Gasteiger partial charge in [-0.25, -0.2) is 4.98 Å². The van der Waals surface area contributed by atoms with E-state index in [0.717, 1.165) is 12.2 Å². The number of fused-ring (bicyclic) bond motifs is 1. The molecule has 0 saturated heterocycles. The normalized spacial score (nSPS) is 18.7. The van der Waals surface area contributed by atoms with Crippen LogP contribution in [0.5, 0.6) is 0 Å². The predicted molar refractivity (Wildman–Crippen MR) is 67.1 cm³/mol. The summed E-state index contributed by atoms with van der Waals surface area (Å²) >= 11 is 6.97. The standard InChI is InChI=1S/C11H11N3S2/c1-14-11(15)12-10(13-14)9-6-7-4-2-3-5-8(7)16-9/h2-5,9H,6H2,1H3,(H,12,13,15). The summed E-state index contributed by atoms with van der Waals surface area (Å²) in [7, 11) is 1.89. The van der Waals surface area contributed by atoms with E-state index in [9.17, 15) is 0 Å². The molecule has 1 aliphatic rings. The van der Waals surface area contributed by atoms with Gasteiger partial charge in [-0.2, -0.15) is 0 Å². The second-order valence-electron chi connectivity index (χ2n) is 3.87. The molecule has 0 radical (unpaired) electrons. The number of hydrogen-bond donors (Lipinski definition) is 1. The Morgan fingerprint density at radius 1 is 1.50 bits per heavy atom. The molecule has 0 saturated carbocycles. The lowest BCUT2D eigenvalue weighted by Gasteiger charge is -2.02. The largest absolute Gasteiger partial charge is 0.282 e. The molecule has 1 atom stereocenters. The van der Waals surface area contributed by atoms with Crippen LogP contribution in [0.2, 0.25) is 0 Å². The molecule has 0 fully saturated rings. The van der Waals surface area contributed by atoms with Crippen molar-refractivity contribution in [1.82, 2.24) is 14.8 Å². The van der Waals surface area contributed by atoms with E-state index in [2.05, 4.69) is 34.3 Å². The molecule has 82 valence electrons. The number of H-pyrrole nitrogens is 1. The number of aromatic amines is 1. The molecule has 3 nitrogen and oxygen atoms in total. The zero-order valence-electron chi connectivity index (χ0n) is 8.80. The number of aromatic nitrogens is 3. The van der Waals surface area contributed by atoms with Gasteiger partial charge in [-0.3, -0.25) is 9.78 Å². The molecular formula is C11H11N3S2. The van der Waals surface area contributed by atoms with Crippen molar-refractivity contribution in [3.63, 3.8) is 0 Å². The summed E-state index contributed by atoms with van der Waals surface area (Å²) in [6.07, 6.45) is 1.03. The minimum absolute atomic E-state index is 0.375. The van der Waals surface area contributed by atoms with Crippen molar-refractivity contribution >= 4 is 24.0 Å². The molecule has 16 heavy (non-hydrogen) atoms. The van der Waals surface area contributed by atoms with E-state index in [4.69, 9.17) is 12.2 Å². The van der Waals surface area contributed by atoms with Crippen LogP contribution in [0.4, 0.5) is 0 Å². The zero-order valence-corrected chi connectivity index (χ0v) is 10.4. The van der Waals surface area contributed by atoms with Crippen LogP contribution in [0.3, 0.4) is 0 Å². The van der Waals surface area contributed by atoms with Crippen LogP contribution in [0.25, 0.3) is 0 Å². The van der Waals surface area contributed by atoms with Crippen molar-refractivity contribution < 1.29 is 0 Å². The van der Waals surface area contributed by atoms with E-state index in [0.29, 0.717) is 10.0 Å². The molecule has 0 amide bonds. The van der Waals surface area contributed by atoms with E-state index in [1.165, 1.54) is 10.5 Å². The van der Waals surface area contributed by atoms with Crippen LogP contribution in [-0.4, -0.2) is 14.8 Å². The van der Waals surface area contributed by atoms with Gasteiger partial charge in [0, 0.05) is 11.9 Å². The Balaban J connectivity index is 1.94. The number of thioether (sulfide) groups is 1. The van der Waals surface area contributed by atoms with Crippen molar-refractivity contribution in [1.29, 1.82) is 0 Å². The predicted octanol–water partition coefficient (Wildman–Crippen LogP) is 2.87. The SMILES string of the molecule is Cn1[nH]c(C2Cc3ccccc3S2)nc1=S. The Hall–Kier alpha value is -1.07. The third-order valence-corrected chi connectivity index (χ3v) is 4.43. The summed E-state index contributed by atoms with van der Waals surface area (Å²) < 4.78 is 2.40. The average Bonchev–Trinajstić information content (AvgIpc) is 2.83. The topological polar surface area (TPSA) is 33.6 Å². The molecular weight excluding hydrogens is 238 g/mol. The number of hydrogen-bond acceptors (Lipinski definition) is 3. The number of aryl methyl sites for hydroxylation is 1. The van der Waals surface area contributed by atoms with Crippen molar-refractivity contribution in [3.05, 3.63) is 40.4 Å². The smallest absolute Gasteiger partial charge is 0.215 e. The number of rotatable bonds is 1. The van der Waals surface area contributed by atoms with Crippen LogP contribution < -0.4 is 0 Å². The van der Waals surface area contributed by atoms with Gasteiger partial charge >= 0.3 is 0 Å². The molecule has 0 aliphatic carbocycles. The summed E-state index contributed by atoms with van der Waals surface area (Å²) in [6.45, 7) is 0. The molecule has 2 heterocycles. The van der Waals surface area contributed by atoms with Crippen LogP contribution in [0.1, 0.15) is 16.6 Å². The summed E-state index contributed by atoms with van der Waals surface area (Å²) in [6, 6.07) is 8.51. The highest BCUT2D eigenvalue weighted by atomic mass is 32.2. The van der Waals surface area contributed by atoms with Crippen LogP contribution in [0, 0.1) is 4.77 Å². The Bertz CT molecular complexity index is 560. The monoisotopic (exact) mass is 249 g/mol. The van der Waals surface area contributed by atoms with E-state index >= 15 is 0 Å². The van der Waals surface area contributed by atoms with Crippen LogP contribution in [-0.2, 0) is 13.5 Å². The highest BCUT2D eigenvalue weighted by molar-refractivity contribution is 7.99. The first-order valence-electron chi connectivity index (χ1n) is 5.11. The Kier molecular flexibility index (Phi) is 2.37. The molecule has 1 N–H and O–H groups in total. The van der Waals surface area contributed by atoms with Gasteiger partial charge in [-0.1, -0.05) is 18.2 Å².